The van der Waals surface area contributed by atoms with E-state index in [1.807, 2.05) is 0 Å². The molecule has 2 nitrogen and oxygen atoms in total. The van der Waals surface area contributed by atoms with Crippen molar-refractivity contribution < 1.29 is 4.58 Å². The fourth-order valence-corrected chi connectivity index (χ4v) is 9.93. The van der Waals surface area contributed by atoms with Crippen molar-refractivity contribution in [2.75, 3.05) is 0 Å². The molecular formula is C57H41N2+. The largest absolute Gasteiger partial charge is 0.289 e. The van der Waals surface area contributed by atoms with Crippen LogP contribution < -0.4 is 5.32 Å². The van der Waals surface area contributed by atoms with Gasteiger partial charge in [-0.25, -0.2) is 5.32 Å². The molecule has 278 valence electrons. The van der Waals surface area contributed by atoms with E-state index in [1.54, 1.807) is 0 Å². The van der Waals surface area contributed by atoms with Gasteiger partial charge < -0.3 is 0 Å². The van der Waals surface area contributed by atoms with Gasteiger partial charge in [0.15, 0.2) is 0 Å². The molecule has 0 radical (unpaired) electrons. The summed E-state index contributed by atoms with van der Waals surface area (Å²) in [4.78, 5) is 0. The van der Waals surface area contributed by atoms with Crippen LogP contribution >= 0.6 is 0 Å². The molecule has 0 spiro atoms. The van der Waals surface area contributed by atoms with Crippen LogP contribution in [-0.4, -0.2) is 10.4 Å². The Bertz CT molecular complexity index is 3470. The molecular weight excluding hydrogens is 713 g/mol. The van der Waals surface area contributed by atoms with Crippen molar-refractivity contribution in [1.82, 2.24) is 5.32 Å². The van der Waals surface area contributed by atoms with Gasteiger partial charge in [-0.1, -0.05) is 189 Å². The van der Waals surface area contributed by atoms with E-state index < -0.39 is 0 Å². The zero-order chi connectivity index (χ0) is 39.0. The Labute approximate surface area is 343 Å². The van der Waals surface area contributed by atoms with Gasteiger partial charge in [0.1, 0.15) is 5.69 Å². The summed E-state index contributed by atoms with van der Waals surface area (Å²) in [5.74, 6) is 1.66. The Morgan fingerprint density at radius 2 is 1.02 bits per heavy atom. The van der Waals surface area contributed by atoms with Gasteiger partial charge in [0.2, 0.25) is 0 Å². The molecule has 0 fully saturated rings. The summed E-state index contributed by atoms with van der Waals surface area (Å²) in [6.45, 7) is 2.29. The minimum Gasteiger partial charge on any atom is -0.229 e. The van der Waals surface area contributed by atoms with Crippen molar-refractivity contribution in [3.8, 4) is 22.3 Å². The van der Waals surface area contributed by atoms with Crippen molar-refractivity contribution in [3.05, 3.63) is 211 Å². The molecule has 1 aliphatic carbocycles. The van der Waals surface area contributed by atoms with Gasteiger partial charge in [-0.3, -0.25) is 0 Å². The second-order valence-corrected chi connectivity index (χ2v) is 16.3. The third kappa shape index (κ3) is 5.37. The molecule has 2 aliphatic rings. The maximum absolute atomic E-state index is 4.04. The van der Waals surface area contributed by atoms with Crippen LogP contribution in [0.3, 0.4) is 0 Å². The number of benzene rings is 10. The number of nitrogens with one attached hydrogen (secondary N) is 1. The highest BCUT2D eigenvalue weighted by atomic mass is 15.4. The summed E-state index contributed by atoms with van der Waals surface area (Å²) in [6, 6.07) is 67.6. The molecule has 2 atom stereocenters. The standard InChI is InChI=1S/C57H40N2/c1-36-24-26-39(27-25-36)56-58-57(54-35-40-14-4-7-17-44(40)46-18-8-9-19-50(46)54)59(56)55-33-30-41(45-20-10-21-47-42-15-5-2-12-37(42)28-31-51(45)47)34-53(55)49-23-11-22-48-43-16-6-3-13-38(43)29-32-52(48)49/h2-24,26-36,57H,25H2,1H3/p+1. The van der Waals surface area contributed by atoms with Crippen LogP contribution in [0.2, 0.25) is 0 Å². The highest BCUT2D eigenvalue weighted by Crippen LogP contribution is 2.46. The van der Waals surface area contributed by atoms with Gasteiger partial charge in [-0.2, -0.15) is 4.58 Å². The second-order valence-electron chi connectivity index (χ2n) is 16.3. The molecule has 0 aromatic heterocycles. The highest BCUT2D eigenvalue weighted by molar-refractivity contribution is 6.15. The molecule has 0 saturated carbocycles. The van der Waals surface area contributed by atoms with E-state index in [1.165, 1.54) is 104 Å². The van der Waals surface area contributed by atoms with Crippen LogP contribution in [0.5, 0.6) is 0 Å². The van der Waals surface area contributed by atoms with E-state index in [-0.39, 0.29) is 6.17 Å². The van der Waals surface area contributed by atoms with Gasteiger partial charge in [-0.15, -0.1) is 0 Å². The Morgan fingerprint density at radius 3 is 1.69 bits per heavy atom. The molecule has 1 N–H and O–H groups in total. The Morgan fingerprint density at radius 1 is 0.458 bits per heavy atom. The van der Waals surface area contributed by atoms with Crippen molar-refractivity contribution >= 4 is 76.2 Å². The number of amidine groups is 1. The van der Waals surface area contributed by atoms with Crippen molar-refractivity contribution in [2.24, 2.45) is 5.92 Å². The third-order valence-electron chi connectivity index (χ3n) is 12.9. The SMILES string of the molecule is CC1C=CC(C2=[N+](c3ccc(-c4cccc5c4ccc4ccccc45)cc3-c3cccc4c3ccc3ccccc34)C(c3cc4ccccc4c4ccccc34)N2)=CC1. The van der Waals surface area contributed by atoms with Gasteiger partial charge in [0, 0.05) is 11.1 Å². The first kappa shape index (κ1) is 33.8. The van der Waals surface area contributed by atoms with Crippen LogP contribution in [0.25, 0.3) is 86.9 Å². The van der Waals surface area contributed by atoms with Gasteiger partial charge in [-0.05, 0) is 112 Å². The van der Waals surface area contributed by atoms with Crippen LogP contribution in [0.1, 0.15) is 25.1 Å². The quantitative estimate of drug-likeness (QED) is 0.137. The predicted molar refractivity (Wildman–Crippen MR) is 251 cm³/mol. The first-order valence-electron chi connectivity index (χ1n) is 20.9. The summed E-state index contributed by atoms with van der Waals surface area (Å²) in [6.07, 6.45) is 8.01. The normalized spacial score (nSPS) is 16.6. The zero-order valence-electron chi connectivity index (χ0n) is 32.9. The van der Waals surface area contributed by atoms with Gasteiger partial charge >= 0.3 is 0 Å². The molecule has 0 saturated heterocycles. The van der Waals surface area contributed by atoms with Gasteiger partial charge in [0.25, 0.3) is 12.0 Å². The maximum atomic E-state index is 4.04. The number of nitrogens with zero attached hydrogens (tertiary/aromatic N) is 1. The summed E-state index contributed by atoms with van der Waals surface area (Å²) in [7, 11) is 0. The maximum Gasteiger partial charge on any atom is 0.289 e. The number of fused-ring (bicyclic) bond motifs is 9. The van der Waals surface area contributed by atoms with E-state index in [0.29, 0.717) is 5.92 Å². The Hall–Kier alpha value is -7.29. The van der Waals surface area contributed by atoms with E-state index in [0.717, 1.165) is 12.3 Å². The Kier molecular flexibility index (Phi) is 7.68. The predicted octanol–water partition coefficient (Wildman–Crippen LogP) is 14.8. The minimum atomic E-state index is -0.0857. The second kappa shape index (κ2) is 13.4. The molecule has 10 aromatic carbocycles. The molecule has 1 aliphatic heterocycles. The van der Waals surface area contributed by atoms with E-state index >= 15 is 0 Å². The average molecular weight is 754 g/mol. The Balaban J connectivity index is 1.15. The molecule has 0 bridgehead atoms. The molecule has 59 heavy (non-hydrogen) atoms. The molecule has 2 unspecified atom stereocenters. The summed E-state index contributed by atoms with van der Waals surface area (Å²) >= 11 is 0. The van der Waals surface area contributed by atoms with Crippen molar-refractivity contribution in [1.29, 1.82) is 0 Å². The van der Waals surface area contributed by atoms with Crippen LogP contribution in [0.4, 0.5) is 5.69 Å². The molecule has 10 aromatic rings. The fourth-order valence-electron chi connectivity index (χ4n) is 9.93. The molecule has 0 amide bonds. The number of rotatable bonds is 5. The number of hydrogen-bond acceptors (Lipinski definition) is 1. The van der Waals surface area contributed by atoms with Crippen molar-refractivity contribution in [3.63, 3.8) is 0 Å². The first-order valence-corrected chi connectivity index (χ1v) is 20.9. The van der Waals surface area contributed by atoms with Crippen LogP contribution in [0.15, 0.2) is 206 Å². The summed E-state index contributed by atoms with van der Waals surface area (Å²) < 4.78 is 2.58. The lowest BCUT2D eigenvalue weighted by molar-refractivity contribution is -0.530. The topological polar surface area (TPSA) is 15.0 Å². The lowest BCUT2D eigenvalue weighted by atomic mass is 9.88. The monoisotopic (exact) mass is 753 g/mol. The smallest absolute Gasteiger partial charge is 0.229 e. The lowest BCUT2D eigenvalue weighted by Gasteiger charge is -2.32. The van der Waals surface area contributed by atoms with E-state index in [2.05, 4.69) is 217 Å². The fraction of sp³-hybridized carbons (Fsp3) is 0.0702. The molecule has 2 heteroatoms. The average Bonchev–Trinajstić information content (AvgIpc) is 3.29. The van der Waals surface area contributed by atoms with E-state index in [9.17, 15) is 0 Å². The molecule has 1 heterocycles. The van der Waals surface area contributed by atoms with Crippen LogP contribution in [0, 0.1) is 5.92 Å². The van der Waals surface area contributed by atoms with E-state index in [4.69, 9.17) is 0 Å². The van der Waals surface area contributed by atoms with Crippen molar-refractivity contribution in [2.45, 2.75) is 19.5 Å². The number of allylic oxidation sites excluding steroid dienone is 2. The first-order chi connectivity index (χ1) is 29.2. The third-order valence-corrected chi connectivity index (χ3v) is 12.9. The summed E-state index contributed by atoms with van der Waals surface area (Å²) in [5, 5.41) is 19.3. The summed E-state index contributed by atoms with van der Waals surface area (Å²) in [5.41, 5.74) is 8.58. The lowest BCUT2D eigenvalue weighted by Crippen LogP contribution is -2.51. The number of hydrogen-bond donors (Lipinski definition) is 1. The molecule has 12 rings (SSSR count). The minimum absolute atomic E-state index is 0.0857. The van der Waals surface area contributed by atoms with Gasteiger partial charge in [0.05, 0.1) is 5.57 Å². The van der Waals surface area contributed by atoms with Crippen LogP contribution in [-0.2, 0) is 0 Å². The highest BCUT2D eigenvalue weighted by Gasteiger charge is 2.43. The zero-order valence-corrected chi connectivity index (χ0v) is 32.9.